The smallest absolute Gasteiger partial charge is 0.225 e. The molecule has 17 heavy (non-hydrogen) atoms. The van der Waals surface area contributed by atoms with Gasteiger partial charge in [-0.25, -0.2) is 9.97 Å². The van der Waals surface area contributed by atoms with E-state index in [-0.39, 0.29) is 12.2 Å². The molecule has 0 N–H and O–H groups in total. The highest BCUT2D eigenvalue weighted by atomic mass is 16.5. The predicted octanol–water partition coefficient (Wildman–Crippen LogP) is 0.859. The second-order valence-electron chi connectivity index (χ2n) is 4.50. The molecule has 1 aromatic rings. The zero-order valence-corrected chi connectivity index (χ0v) is 9.95. The molecule has 0 spiro atoms. The number of nitrogens with zero attached hydrogens (tertiary/aromatic N) is 3. The summed E-state index contributed by atoms with van der Waals surface area (Å²) in [4.78, 5) is 10.9. The van der Waals surface area contributed by atoms with Crippen molar-refractivity contribution in [1.82, 2.24) is 9.97 Å². The van der Waals surface area contributed by atoms with Crippen molar-refractivity contribution < 1.29 is 9.47 Å². The number of ether oxygens (including phenoxy) is 2. The van der Waals surface area contributed by atoms with E-state index in [1.807, 2.05) is 6.07 Å². The van der Waals surface area contributed by atoms with Crippen LogP contribution in [-0.2, 0) is 9.47 Å². The molecular formula is C12H17N3O2. The summed E-state index contributed by atoms with van der Waals surface area (Å²) in [6.07, 6.45) is 5.95. The maximum atomic E-state index is 5.79. The summed E-state index contributed by atoms with van der Waals surface area (Å²) in [7, 11) is 1.76. The lowest BCUT2D eigenvalue weighted by molar-refractivity contribution is -0.0450. The fraction of sp³-hybridized carbons (Fsp3) is 0.667. The summed E-state index contributed by atoms with van der Waals surface area (Å²) < 4.78 is 11.3. The van der Waals surface area contributed by atoms with Gasteiger partial charge in [-0.1, -0.05) is 0 Å². The number of piperidine rings is 1. The van der Waals surface area contributed by atoms with Crippen molar-refractivity contribution in [2.45, 2.75) is 31.1 Å². The second kappa shape index (κ2) is 4.58. The first-order chi connectivity index (χ1) is 8.40. The molecule has 2 aliphatic heterocycles. The minimum Gasteiger partial charge on any atom is -0.379 e. The Hall–Kier alpha value is -1.20. The first-order valence-electron chi connectivity index (χ1n) is 6.08. The Kier molecular flexibility index (Phi) is 2.94. The Morgan fingerprint density at radius 3 is 2.94 bits per heavy atom. The van der Waals surface area contributed by atoms with Gasteiger partial charge < -0.3 is 14.4 Å². The van der Waals surface area contributed by atoms with Crippen LogP contribution in [0, 0.1) is 0 Å². The van der Waals surface area contributed by atoms with Crippen molar-refractivity contribution in [3.05, 3.63) is 18.5 Å². The summed E-state index contributed by atoms with van der Waals surface area (Å²) in [5.41, 5.74) is 0. The van der Waals surface area contributed by atoms with Crippen molar-refractivity contribution in [2.24, 2.45) is 0 Å². The van der Waals surface area contributed by atoms with Crippen LogP contribution < -0.4 is 4.90 Å². The van der Waals surface area contributed by atoms with Crippen molar-refractivity contribution in [3.8, 4) is 0 Å². The van der Waals surface area contributed by atoms with Crippen LogP contribution in [0.1, 0.15) is 12.8 Å². The standard InChI is InChI=1S/C12H17N3O2/c1-16-10-3-7-15(9-4-8-17-11(9)10)12-13-5-2-6-14-12/h2,5-6,9-11H,3-4,7-8H2,1H3/t9-,10-,11-/m1/s1. The SMILES string of the molecule is CO[C@@H]1CCN(c2ncccn2)[C@@H]2CCO[C@H]21. The summed E-state index contributed by atoms with van der Waals surface area (Å²) in [5, 5.41) is 0. The molecule has 0 aromatic carbocycles. The number of anilines is 1. The molecule has 0 aliphatic carbocycles. The normalized spacial score (nSPS) is 32.5. The molecule has 2 aliphatic rings. The van der Waals surface area contributed by atoms with E-state index >= 15 is 0 Å². The first-order valence-corrected chi connectivity index (χ1v) is 6.08. The van der Waals surface area contributed by atoms with Gasteiger partial charge in [0.05, 0.1) is 12.1 Å². The van der Waals surface area contributed by atoms with E-state index in [0.717, 1.165) is 31.9 Å². The van der Waals surface area contributed by atoms with Gasteiger partial charge in [0.2, 0.25) is 5.95 Å². The molecule has 0 bridgehead atoms. The Balaban J connectivity index is 1.83. The van der Waals surface area contributed by atoms with E-state index < -0.39 is 0 Å². The number of fused-ring (bicyclic) bond motifs is 1. The van der Waals surface area contributed by atoms with Crippen LogP contribution >= 0.6 is 0 Å². The topological polar surface area (TPSA) is 47.5 Å². The fourth-order valence-electron chi connectivity index (χ4n) is 2.82. The van der Waals surface area contributed by atoms with E-state index in [9.17, 15) is 0 Å². The van der Waals surface area contributed by atoms with Crippen LogP contribution in [0.3, 0.4) is 0 Å². The molecule has 2 saturated heterocycles. The van der Waals surface area contributed by atoms with Crippen LogP contribution in [0.15, 0.2) is 18.5 Å². The molecule has 3 atom stereocenters. The zero-order valence-electron chi connectivity index (χ0n) is 9.95. The average molecular weight is 235 g/mol. The number of aromatic nitrogens is 2. The molecule has 0 amide bonds. The van der Waals surface area contributed by atoms with Crippen molar-refractivity contribution in [1.29, 1.82) is 0 Å². The second-order valence-corrected chi connectivity index (χ2v) is 4.50. The average Bonchev–Trinajstić information content (AvgIpc) is 2.88. The molecule has 0 radical (unpaired) electrons. The highest BCUT2D eigenvalue weighted by Gasteiger charge is 2.43. The highest BCUT2D eigenvalue weighted by Crippen LogP contribution is 2.31. The van der Waals surface area contributed by atoms with Gasteiger partial charge in [0.15, 0.2) is 0 Å². The quantitative estimate of drug-likeness (QED) is 0.761. The van der Waals surface area contributed by atoms with Gasteiger partial charge in [-0.2, -0.15) is 0 Å². The van der Waals surface area contributed by atoms with Crippen molar-refractivity contribution >= 4 is 5.95 Å². The molecule has 2 fully saturated rings. The molecule has 1 aromatic heterocycles. The van der Waals surface area contributed by atoms with E-state index in [1.165, 1.54) is 0 Å². The van der Waals surface area contributed by atoms with E-state index in [1.54, 1.807) is 19.5 Å². The molecule has 3 rings (SSSR count). The number of methoxy groups -OCH3 is 1. The maximum Gasteiger partial charge on any atom is 0.225 e. The van der Waals surface area contributed by atoms with E-state index in [2.05, 4.69) is 14.9 Å². The monoisotopic (exact) mass is 235 g/mol. The van der Waals surface area contributed by atoms with Gasteiger partial charge in [0.25, 0.3) is 0 Å². The third kappa shape index (κ3) is 1.89. The molecule has 5 heteroatoms. The molecular weight excluding hydrogens is 218 g/mol. The summed E-state index contributed by atoms with van der Waals surface area (Å²) >= 11 is 0. The Bertz CT molecular complexity index is 373. The summed E-state index contributed by atoms with van der Waals surface area (Å²) in [6, 6.07) is 2.20. The van der Waals surface area contributed by atoms with Gasteiger partial charge in [0, 0.05) is 32.7 Å². The molecule has 3 heterocycles. The number of rotatable bonds is 2. The van der Waals surface area contributed by atoms with Crippen LogP contribution in [0.4, 0.5) is 5.95 Å². The van der Waals surface area contributed by atoms with Gasteiger partial charge in [-0.3, -0.25) is 0 Å². The van der Waals surface area contributed by atoms with Gasteiger partial charge in [-0.05, 0) is 18.9 Å². The van der Waals surface area contributed by atoms with Crippen LogP contribution in [-0.4, -0.2) is 48.5 Å². The first kappa shape index (κ1) is 10.9. The Morgan fingerprint density at radius 2 is 2.18 bits per heavy atom. The molecule has 5 nitrogen and oxygen atoms in total. The van der Waals surface area contributed by atoms with Crippen molar-refractivity contribution in [3.63, 3.8) is 0 Å². The Morgan fingerprint density at radius 1 is 1.35 bits per heavy atom. The van der Waals surface area contributed by atoms with Gasteiger partial charge in [0.1, 0.15) is 6.10 Å². The molecule has 92 valence electrons. The minimum atomic E-state index is 0.164. The van der Waals surface area contributed by atoms with Gasteiger partial charge in [-0.15, -0.1) is 0 Å². The maximum absolute atomic E-state index is 5.79. The van der Waals surface area contributed by atoms with Crippen LogP contribution in [0.5, 0.6) is 0 Å². The van der Waals surface area contributed by atoms with Crippen LogP contribution in [0.25, 0.3) is 0 Å². The molecule has 0 unspecified atom stereocenters. The third-order valence-corrected chi connectivity index (χ3v) is 3.64. The van der Waals surface area contributed by atoms with E-state index in [0.29, 0.717) is 6.04 Å². The number of hydrogen-bond donors (Lipinski definition) is 0. The lowest BCUT2D eigenvalue weighted by Gasteiger charge is -2.40. The van der Waals surface area contributed by atoms with Gasteiger partial charge >= 0.3 is 0 Å². The highest BCUT2D eigenvalue weighted by molar-refractivity contribution is 5.33. The third-order valence-electron chi connectivity index (χ3n) is 3.64. The zero-order chi connectivity index (χ0) is 11.7. The lowest BCUT2D eigenvalue weighted by Crippen LogP contribution is -2.53. The fourth-order valence-corrected chi connectivity index (χ4v) is 2.82. The predicted molar refractivity (Wildman–Crippen MR) is 62.9 cm³/mol. The van der Waals surface area contributed by atoms with E-state index in [4.69, 9.17) is 9.47 Å². The number of hydrogen-bond acceptors (Lipinski definition) is 5. The largest absolute Gasteiger partial charge is 0.379 e. The summed E-state index contributed by atoms with van der Waals surface area (Å²) in [5.74, 6) is 0.808. The molecule has 0 saturated carbocycles. The lowest BCUT2D eigenvalue weighted by atomic mass is 9.96. The summed E-state index contributed by atoms with van der Waals surface area (Å²) in [6.45, 7) is 1.74. The Labute approximate surface area is 101 Å². The minimum absolute atomic E-state index is 0.164. The van der Waals surface area contributed by atoms with Crippen molar-refractivity contribution in [2.75, 3.05) is 25.2 Å². The van der Waals surface area contributed by atoms with Crippen LogP contribution in [0.2, 0.25) is 0 Å².